The number of fused-ring (bicyclic) bond motifs is 1. The van der Waals surface area contributed by atoms with Crippen LogP contribution in [0.5, 0.6) is 0 Å². The van der Waals surface area contributed by atoms with Crippen molar-refractivity contribution in [2.75, 3.05) is 31.1 Å². The summed E-state index contributed by atoms with van der Waals surface area (Å²) in [4.78, 5) is 19.4. The molecule has 2 aliphatic rings. The normalized spacial score (nSPS) is 19.7. The summed E-state index contributed by atoms with van der Waals surface area (Å²) in [6.07, 6.45) is 2.02. The molecule has 2 aliphatic heterocycles. The fraction of sp³-hybridized carbons (Fsp3) is 0.417. The van der Waals surface area contributed by atoms with Crippen LogP contribution < -0.4 is 4.90 Å². The molecule has 0 spiro atoms. The standard InChI is InChI=1S/C24H24F3N3O4S2/c25-16-3-5-19(6-4-16)36(32,33)29-9-7-15(8-10-29)23(31)30(14-18-2-1-11-34-18)24-28-22-20(27)12-17(26)13-21(22)35-24/h3-6,12-13,15,18H,1-2,7-11,14H2. The van der Waals surface area contributed by atoms with Crippen molar-refractivity contribution in [2.24, 2.45) is 5.92 Å². The molecule has 2 fully saturated rings. The first-order valence-electron chi connectivity index (χ1n) is 11.7. The molecular weight excluding hydrogens is 515 g/mol. The topological polar surface area (TPSA) is 79.8 Å². The van der Waals surface area contributed by atoms with E-state index < -0.39 is 33.4 Å². The number of carbonyl (C=O) groups excluding carboxylic acids is 1. The van der Waals surface area contributed by atoms with Crippen molar-refractivity contribution in [3.8, 4) is 0 Å². The van der Waals surface area contributed by atoms with Gasteiger partial charge in [-0.15, -0.1) is 0 Å². The van der Waals surface area contributed by atoms with Gasteiger partial charge in [-0.1, -0.05) is 11.3 Å². The Morgan fingerprint density at radius 3 is 2.47 bits per heavy atom. The second kappa shape index (κ2) is 10.1. The number of amides is 1. The second-order valence-corrected chi connectivity index (χ2v) is 11.9. The van der Waals surface area contributed by atoms with Crippen LogP contribution in [-0.4, -0.2) is 56.0 Å². The third kappa shape index (κ3) is 4.99. The number of piperidine rings is 1. The Morgan fingerprint density at radius 1 is 1.08 bits per heavy atom. The van der Waals surface area contributed by atoms with Crippen LogP contribution in [0.2, 0.25) is 0 Å². The van der Waals surface area contributed by atoms with Crippen LogP contribution in [0.4, 0.5) is 18.3 Å². The van der Waals surface area contributed by atoms with E-state index in [4.69, 9.17) is 4.74 Å². The van der Waals surface area contributed by atoms with Crippen LogP contribution in [0, 0.1) is 23.4 Å². The molecule has 1 atom stereocenters. The lowest BCUT2D eigenvalue weighted by Crippen LogP contribution is -2.46. The molecule has 7 nitrogen and oxygen atoms in total. The van der Waals surface area contributed by atoms with E-state index in [1.165, 1.54) is 27.4 Å². The van der Waals surface area contributed by atoms with Crippen LogP contribution in [-0.2, 0) is 19.6 Å². The van der Waals surface area contributed by atoms with Crippen LogP contribution in [0.15, 0.2) is 41.3 Å². The van der Waals surface area contributed by atoms with E-state index in [0.29, 0.717) is 11.3 Å². The maximum absolute atomic E-state index is 14.3. The number of anilines is 1. The van der Waals surface area contributed by atoms with Crippen LogP contribution in [0.1, 0.15) is 25.7 Å². The number of sulfonamides is 1. The summed E-state index contributed by atoms with van der Waals surface area (Å²) in [5, 5.41) is 0.261. The quantitative estimate of drug-likeness (QED) is 0.466. The van der Waals surface area contributed by atoms with Crippen LogP contribution in [0.25, 0.3) is 10.2 Å². The first-order chi connectivity index (χ1) is 17.2. The lowest BCUT2D eigenvalue weighted by atomic mass is 9.96. The summed E-state index contributed by atoms with van der Waals surface area (Å²) in [5.74, 6) is -2.76. The van der Waals surface area contributed by atoms with E-state index in [1.807, 2.05) is 0 Å². The Balaban J connectivity index is 1.35. The number of hydrogen-bond donors (Lipinski definition) is 0. The predicted octanol–water partition coefficient (Wildman–Crippen LogP) is 4.33. The number of halogens is 3. The van der Waals surface area contributed by atoms with Gasteiger partial charge in [0.1, 0.15) is 17.2 Å². The number of rotatable bonds is 6. The molecule has 2 saturated heterocycles. The van der Waals surface area contributed by atoms with Crippen LogP contribution in [0.3, 0.4) is 0 Å². The fourth-order valence-corrected chi connectivity index (χ4v) is 7.12. The van der Waals surface area contributed by atoms with E-state index in [-0.39, 0.29) is 60.0 Å². The Morgan fingerprint density at radius 2 is 1.81 bits per heavy atom. The average Bonchev–Trinajstić information content (AvgIpc) is 3.52. The maximum Gasteiger partial charge on any atom is 0.243 e. The Bertz CT molecular complexity index is 1370. The van der Waals surface area contributed by atoms with Gasteiger partial charge in [0, 0.05) is 31.7 Å². The number of ether oxygens (including phenoxy) is 1. The number of carbonyl (C=O) groups is 1. The van der Waals surface area contributed by atoms with Crippen molar-refractivity contribution in [3.05, 3.63) is 53.8 Å². The van der Waals surface area contributed by atoms with Gasteiger partial charge in [-0.25, -0.2) is 26.6 Å². The van der Waals surface area contributed by atoms with Crippen molar-refractivity contribution in [1.29, 1.82) is 0 Å². The number of aromatic nitrogens is 1. The van der Waals surface area contributed by atoms with Gasteiger partial charge in [0.25, 0.3) is 0 Å². The zero-order valence-electron chi connectivity index (χ0n) is 19.2. The lowest BCUT2D eigenvalue weighted by Gasteiger charge is -2.33. The molecule has 36 heavy (non-hydrogen) atoms. The van der Waals surface area contributed by atoms with Crippen molar-refractivity contribution >= 4 is 42.6 Å². The molecule has 0 bridgehead atoms. The van der Waals surface area contributed by atoms with Crippen molar-refractivity contribution in [3.63, 3.8) is 0 Å². The van der Waals surface area contributed by atoms with E-state index in [0.717, 1.165) is 42.4 Å². The molecule has 0 aliphatic carbocycles. The van der Waals surface area contributed by atoms with Crippen molar-refractivity contribution in [1.82, 2.24) is 9.29 Å². The largest absolute Gasteiger partial charge is 0.376 e. The molecule has 12 heteroatoms. The predicted molar refractivity (Wildman–Crippen MR) is 129 cm³/mol. The molecule has 5 rings (SSSR count). The summed E-state index contributed by atoms with van der Waals surface area (Å²) in [6.45, 7) is 1.08. The summed E-state index contributed by atoms with van der Waals surface area (Å²) < 4.78 is 74.4. The zero-order valence-corrected chi connectivity index (χ0v) is 20.8. The van der Waals surface area contributed by atoms with E-state index in [9.17, 15) is 26.4 Å². The SMILES string of the molecule is O=C(C1CCN(S(=O)(=O)c2ccc(F)cc2)CC1)N(CC1CCCO1)c1nc2c(F)cc(F)cc2s1. The van der Waals surface area contributed by atoms with Gasteiger partial charge in [-0.3, -0.25) is 9.69 Å². The Kier molecular flexibility index (Phi) is 7.03. The summed E-state index contributed by atoms with van der Waals surface area (Å²) in [5.41, 5.74) is 0.00162. The maximum atomic E-state index is 14.3. The van der Waals surface area contributed by atoms with E-state index in [1.54, 1.807) is 0 Å². The van der Waals surface area contributed by atoms with Gasteiger partial charge in [-0.2, -0.15) is 4.31 Å². The molecule has 1 amide bonds. The number of hydrogen-bond acceptors (Lipinski definition) is 6. The first kappa shape index (κ1) is 25.1. The molecule has 2 aromatic carbocycles. The summed E-state index contributed by atoms with van der Waals surface area (Å²) >= 11 is 1.03. The molecule has 1 aromatic heterocycles. The molecule has 0 saturated carbocycles. The minimum atomic E-state index is -3.81. The van der Waals surface area contributed by atoms with E-state index in [2.05, 4.69) is 4.98 Å². The van der Waals surface area contributed by atoms with E-state index >= 15 is 0 Å². The second-order valence-electron chi connectivity index (χ2n) is 8.95. The number of thiazole rings is 1. The molecule has 0 N–H and O–H groups in total. The monoisotopic (exact) mass is 539 g/mol. The molecule has 192 valence electrons. The lowest BCUT2D eigenvalue weighted by molar-refractivity contribution is -0.123. The molecule has 3 aromatic rings. The summed E-state index contributed by atoms with van der Waals surface area (Å²) in [7, 11) is -3.81. The number of nitrogens with zero attached hydrogens (tertiary/aromatic N) is 3. The Hall–Kier alpha value is -2.54. The molecular formula is C24H24F3N3O4S2. The number of benzene rings is 2. The highest BCUT2D eigenvalue weighted by Gasteiger charge is 2.36. The smallest absolute Gasteiger partial charge is 0.243 e. The minimum Gasteiger partial charge on any atom is -0.376 e. The van der Waals surface area contributed by atoms with Gasteiger partial charge in [0.05, 0.1) is 22.2 Å². The average molecular weight is 540 g/mol. The highest BCUT2D eigenvalue weighted by molar-refractivity contribution is 7.89. The van der Waals surface area contributed by atoms with Gasteiger partial charge >= 0.3 is 0 Å². The zero-order chi connectivity index (χ0) is 25.4. The molecule has 1 unspecified atom stereocenters. The minimum absolute atomic E-state index is 0.00162. The highest BCUT2D eigenvalue weighted by atomic mass is 32.2. The first-order valence-corrected chi connectivity index (χ1v) is 13.9. The van der Waals surface area contributed by atoms with Gasteiger partial charge < -0.3 is 4.74 Å². The molecule has 0 radical (unpaired) electrons. The third-order valence-electron chi connectivity index (χ3n) is 6.56. The van der Waals surface area contributed by atoms with Crippen molar-refractivity contribution in [2.45, 2.75) is 36.7 Å². The summed E-state index contributed by atoms with van der Waals surface area (Å²) in [6, 6.07) is 6.58. The van der Waals surface area contributed by atoms with Gasteiger partial charge in [-0.05, 0) is 56.0 Å². The highest BCUT2D eigenvalue weighted by Crippen LogP contribution is 2.34. The Labute approximate surface area is 210 Å². The van der Waals surface area contributed by atoms with Crippen LogP contribution >= 0.6 is 11.3 Å². The third-order valence-corrected chi connectivity index (χ3v) is 9.50. The molecule has 3 heterocycles. The van der Waals surface area contributed by atoms with Gasteiger partial charge in [0.2, 0.25) is 15.9 Å². The van der Waals surface area contributed by atoms with Crippen molar-refractivity contribution < 1.29 is 31.1 Å². The van der Waals surface area contributed by atoms with Gasteiger partial charge in [0.15, 0.2) is 10.9 Å². The fourth-order valence-electron chi connectivity index (χ4n) is 4.63.